The molecule has 11 aromatic rings. The van der Waals surface area contributed by atoms with Gasteiger partial charge in [0.1, 0.15) is 0 Å². The third-order valence-electron chi connectivity index (χ3n) is 12.1. The van der Waals surface area contributed by atoms with E-state index in [9.17, 15) is 26.3 Å². The molecular weight excluding hydrogens is 881 g/mol. The number of hydrogen-bond donors (Lipinski definition) is 0. The molecular formula is C58H35F6N5. The summed E-state index contributed by atoms with van der Waals surface area (Å²) in [6, 6.07) is 62.9. The molecule has 0 saturated carbocycles. The Morgan fingerprint density at radius 1 is 0.319 bits per heavy atom. The van der Waals surface area contributed by atoms with Gasteiger partial charge in [0.25, 0.3) is 0 Å². The zero-order valence-electron chi connectivity index (χ0n) is 36.2. The molecule has 0 spiro atoms. The summed E-state index contributed by atoms with van der Waals surface area (Å²) in [4.78, 5) is 20.6. The van der Waals surface area contributed by atoms with Crippen LogP contribution < -0.4 is 0 Å². The number of halogens is 6. The lowest BCUT2D eigenvalue weighted by Gasteiger charge is -2.18. The van der Waals surface area contributed by atoms with Crippen molar-refractivity contribution in [3.05, 3.63) is 223 Å². The zero-order chi connectivity index (χ0) is 47.3. The predicted molar refractivity (Wildman–Crippen MR) is 260 cm³/mol. The fraction of sp³-hybridized carbons (Fsp3) is 0.0345. The Kier molecular flexibility index (Phi) is 10.7. The summed E-state index contributed by atoms with van der Waals surface area (Å²) in [6.45, 7) is 0. The van der Waals surface area contributed by atoms with Crippen LogP contribution in [0.25, 0.3) is 106 Å². The van der Waals surface area contributed by atoms with Gasteiger partial charge >= 0.3 is 12.4 Å². The van der Waals surface area contributed by atoms with E-state index in [0.29, 0.717) is 68.2 Å². The van der Waals surface area contributed by atoms with Crippen molar-refractivity contribution in [3.63, 3.8) is 0 Å². The van der Waals surface area contributed by atoms with E-state index in [1.165, 1.54) is 6.07 Å². The van der Waals surface area contributed by atoms with Gasteiger partial charge in [-0.3, -0.25) is 0 Å². The maximum absolute atomic E-state index is 14.7. The SMILES string of the molecule is FC(F)(F)c1ccc(-c2ccc3c4ccccc4n(-c4ccc(-c5cc(-c6ccccc6)nc(-c6ccccc6)n5)cc4-c4nc(-c5ccccc5)cc(-c5ccccc5)n4)c3c2)c(C(F)(F)F)c1. The van der Waals surface area contributed by atoms with Crippen LogP contribution in [0.2, 0.25) is 0 Å². The first kappa shape index (κ1) is 42.9. The molecule has 0 aliphatic heterocycles. The van der Waals surface area contributed by atoms with Crippen LogP contribution in [0.1, 0.15) is 11.1 Å². The Labute approximate surface area is 391 Å². The lowest BCUT2D eigenvalue weighted by atomic mass is 9.96. The van der Waals surface area contributed by atoms with Gasteiger partial charge in [-0.2, -0.15) is 26.3 Å². The average Bonchev–Trinajstić information content (AvgIpc) is 3.72. The van der Waals surface area contributed by atoms with Crippen LogP contribution in [0.4, 0.5) is 26.3 Å². The molecule has 0 aliphatic carbocycles. The fourth-order valence-electron chi connectivity index (χ4n) is 8.82. The summed E-state index contributed by atoms with van der Waals surface area (Å²) < 4.78 is 87.5. The van der Waals surface area contributed by atoms with Crippen molar-refractivity contribution >= 4 is 21.8 Å². The number of alkyl halides is 6. The number of rotatable bonds is 8. The normalized spacial score (nSPS) is 11.9. The Hall–Kier alpha value is -8.70. The van der Waals surface area contributed by atoms with Gasteiger partial charge in [0, 0.05) is 44.2 Å². The minimum atomic E-state index is -5.08. The third-order valence-corrected chi connectivity index (χ3v) is 12.1. The molecule has 0 aliphatic rings. The van der Waals surface area contributed by atoms with Gasteiger partial charge in [0.2, 0.25) is 0 Å². The van der Waals surface area contributed by atoms with Crippen LogP contribution in [0, 0.1) is 0 Å². The number of benzene rings is 8. The lowest BCUT2D eigenvalue weighted by molar-refractivity contribution is -0.142. The van der Waals surface area contributed by atoms with Crippen LogP contribution in [0.5, 0.6) is 0 Å². The Balaban J connectivity index is 1.21. The number of fused-ring (bicyclic) bond motifs is 3. The first-order valence-corrected chi connectivity index (χ1v) is 21.9. The number of para-hydroxylation sites is 1. The van der Waals surface area contributed by atoms with Crippen LogP contribution >= 0.6 is 0 Å². The lowest BCUT2D eigenvalue weighted by Crippen LogP contribution is -2.12. The molecule has 0 bridgehead atoms. The van der Waals surface area contributed by atoms with Crippen molar-refractivity contribution in [2.75, 3.05) is 0 Å². The number of hydrogen-bond acceptors (Lipinski definition) is 4. The highest BCUT2D eigenvalue weighted by Gasteiger charge is 2.38. The topological polar surface area (TPSA) is 56.5 Å². The molecule has 0 N–H and O–H groups in total. The molecule has 0 unspecified atom stereocenters. The van der Waals surface area contributed by atoms with Gasteiger partial charge in [-0.1, -0.05) is 164 Å². The van der Waals surface area contributed by atoms with Crippen LogP contribution in [0.3, 0.4) is 0 Å². The van der Waals surface area contributed by atoms with Gasteiger partial charge in [-0.05, 0) is 59.7 Å². The standard InChI is InChI=1S/C58H35F6N5/c59-57(60,61)42-27-29-43(47(33-42)58(62,63)64)40-25-28-45-44-23-13-14-24-52(44)69(54(45)32-40)53-30-26-41(51-35-48(36-15-5-1-6-16-36)65-55(66-51)39-21-11-4-12-22-39)31-46(53)56-67-49(37-17-7-2-8-18-37)34-50(68-56)38-19-9-3-10-20-38/h1-35H. The van der Waals surface area contributed by atoms with Crippen LogP contribution in [0.15, 0.2) is 212 Å². The van der Waals surface area contributed by atoms with Crippen molar-refractivity contribution in [2.45, 2.75) is 12.4 Å². The molecule has 0 saturated heterocycles. The summed E-state index contributed by atoms with van der Waals surface area (Å²) in [7, 11) is 0. The van der Waals surface area contributed by atoms with E-state index in [0.717, 1.165) is 39.2 Å². The molecule has 334 valence electrons. The van der Waals surface area contributed by atoms with Gasteiger partial charge in [-0.15, -0.1) is 0 Å². The second kappa shape index (κ2) is 17.2. The van der Waals surface area contributed by atoms with E-state index in [4.69, 9.17) is 19.9 Å². The van der Waals surface area contributed by atoms with E-state index in [1.807, 2.05) is 180 Å². The first-order valence-electron chi connectivity index (χ1n) is 21.9. The van der Waals surface area contributed by atoms with E-state index in [2.05, 4.69) is 0 Å². The summed E-state index contributed by atoms with van der Waals surface area (Å²) >= 11 is 0. The summed E-state index contributed by atoms with van der Waals surface area (Å²) in [5.41, 5.74) is 6.08. The van der Waals surface area contributed by atoms with Crippen LogP contribution in [-0.2, 0) is 12.4 Å². The highest BCUT2D eigenvalue weighted by molar-refractivity contribution is 6.11. The monoisotopic (exact) mass is 915 g/mol. The molecule has 0 fully saturated rings. The maximum atomic E-state index is 14.7. The Bertz CT molecular complexity index is 3570. The van der Waals surface area contributed by atoms with Crippen molar-refractivity contribution < 1.29 is 26.3 Å². The number of nitrogens with zero attached hydrogens (tertiary/aromatic N) is 5. The van der Waals surface area contributed by atoms with E-state index >= 15 is 0 Å². The predicted octanol–water partition coefficient (Wildman–Crippen LogP) is 16.1. The zero-order valence-corrected chi connectivity index (χ0v) is 36.2. The Morgan fingerprint density at radius 3 is 1.35 bits per heavy atom. The molecule has 3 aromatic heterocycles. The molecule has 11 rings (SSSR count). The van der Waals surface area contributed by atoms with Crippen molar-refractivity contribution in [1.29, 1.82) is 0 Å². The van der Waals surface area contributed by atoms with E-state index in [1.54, 1.807) is 12.1 Å². The highest BCUT2D eigenvalue weighted by Crippen LogP contribution is 2.44. The van der Waals surface area contributed by atoms with Crippen molar-refractivity contribution in [2.24, 2.45) is 0 Å². The van der Waals surface area contributed by atoms with Gasteiger partial charge in [0.15, 0.2) is 11.6 Å². The molecule has 11 heteroatoms. The molecule has 5 nitrogen and oxygen atoms in total. The molecule has 3 heterocycles. The molecule has 8 aromatic carbocycles. The smallest absolute Gasteiger partial charge is 0.308 e. The maximum Gasteiger partial charge on any atom is 0.417 e. The molecule has 69 heavy (non-hydrogen) atoms. The highest BCUT2D eigenvalue weighted by atomic mass is 19.4. The molecule has 0 atom stereocenters. The minimum Gasteiger partial charge on any atom is -0.308 e. The molecule has 0 amide bonds. The van der Waals surface area contributed by atoms with Gasteiger partial charge in [0.05, 0.1) is 50.6 Å². The summed E-state index contributed by atoms with van der Waals surface area (Å²) in [5.74, 6) is 0.875. The minimum absolute atomic E-state index is 0.0855. The second-order valence-corrected chi connectivity index (χ2v) is 16.5. The first-order chi connectivity index (χ1) is 33.5. The second-order valence-electron chi connectivity index (χ2n) is 16.5. The summed E-state index contributed by atoms with van der Waals surface area (Å²) in [6.07, 6.45) is -10.1. The van der Waals surface area contributed by atoms with Crippen LogP contribution in [-0.4, -0.2) is 24.5 Å². The Morgan fingerprint density at radius 2 is 0.797 bits per heavy atom. The van der Waals surface area contributed by atoms with Crippen molar-refractivity contribution in [3.8, 4) is 84.6 Å². The van der Waals surface area contributed by atoms with Gasteiger partial charge in [-0.25, -0.2) is 19.9 Å². The van der Waals surface area contributed by atoms with E-state index in [-0.39, 0.29) is 17.2 Å². The van der Waals surface area contributed by atoms with Crippen molar-refractivity contribution in [1.82, 2.24) is 24.5 Å². The summed E-state index contributed by atoms with van der Waals surface area (Å²) in [5, 5.41) is 1.52. The quantitative estimate of drug-likeness (QED) is 0.143. The third kappa shape index (κ3) is 8.28. The molecule has 0 radical (unpaired) electrons. The number of aromatic nitrogens is 5. The largest absolute Gasteiger partial charge is 0.417 e. The van der Waals surface area contributed by atoms with E-state index < -0.39 is 23.5 Å². The van der Waals surface area contributed by atoms with Gasteiger partial charge < -0.3 is 4.57 Å². The average molecular weight is 916 g/mol. The fourth-order valence-corrected chi connectivity index (χ4v) is 8.82.